The fraction of sp³-hybridized carbons (Fsp3) is 0.294. The predicted molar refractivity (Wildman–Crippen MR) is 80.5 cm³/mol. The SMILES string of the molecule is COc1ccccc1CN(CCO)Cc1cc(F)c(F)cc1F. The molecule has 0 spiro atoms. The van der Waals surface area contributed by atoms with E-state index >= 15 is 0 Å². The van der Waals surface area contributed by atoms with Crippen LogP contribution in [0, 0.1) is 17.5 Å². The zero-order valence-electron chi connectivity index (χ0n) is 12.7. The first-order chi connectivity index (χ1) is 11.0. The summed E-state index contributed by atoms with van der Waals surface area (Å²) in [5, 5.41) is 9.19. The van der Waals surface area contributed by atoms with Crippen molar-refractivity contribution >= 4 is 0 Å². The Hall–Kier alpha value is -2.05. The molecular weight excluding hydrogens is 307 g/mol. The molecule has 0 bridgehead atoms. The zero-order valence-corrected chi connectivity index (χ0v) is 12.7. The fourth-order valence-electron chi connectivity index (χ4n) is 2.36. The summed E-state index contributed by atoms with van der Waals surface area (Å²) in [5.41, 5.74) is 0.888. The number of aliphatic hydroxyl groups excluding tert-OH is 1. The summed E-state index contributed by atoms with van der Waals surface area (Å²) in [5.74, 6) is -2.46. The first-order valence-electron chi connectivity index (χ1n) is 7.13. The molecule has 0 heterocycles. The van der Waals surface area contributed by atoms with E-state index in [9.17, 15) is 18.3 Å². The van der Waals surface area contributed by atoms with Crippen molar-refractivity contribution in [3.8, 4) is 5.75 Å². The quantitative estimate of drug-likeness (QED) is 0.794. The molecule has 124 valence electrons. The Morgan fingerprint density at radius 1 is 0.957 bits per heavy atom. The maximum absolute atomic E-state index is 13.8. The van der Waals surface area contributed by atoms with Gasteiger partial charge >= 0.3 is 0 Å². The average molecular weight is 325 g/mol. The topological polar surface area (TPSA) is 32.7 Å². The van der Waals surface area contributed by atoms with Crippen LogP contribution in [-0.2, 0) is 13.1 Å². The summed E-state index contributed by atoms with van der Waals surface area (Å²) in [6.45, 7) is 0.543. The van der Waals surface area contributed by atoms with E-state index in [1.165, 1.54) is 0 Å². The zero-order chi connectivity index (χ0) is 16.8. The van der Waals surface area contributed by atoms with Crippen molar-refractivity contribution in [2.75, 3.05) is 20.3 Å². The lowest BCUT2D eigenvalue weighted by molar-refractivity contribution is 0.181. The summed E-state index contributed by atoms with van der Waals surface area (Å²) >= 11 is 0. The van der Waals surface area contributed by atoms with Gasteiger partial charge in [0.2, 0.25) is 0 Å². The highest BCUT2D eigenvalue weighted by Gasteiger charge is 2.15. The molecule has 0 aliphatic rings. The van der Waals surface area contributed by atoms with Crippen LogP contribution in [0.15, 0.2) is 36.4 Å². The molecule has 0 saturated heterocycles. The number of ether oxygens (including phenoxy) is 1. The van der Waals surface area contributed by atoms with Gasteiger partial charge in [-0.25, -0.2) is 13.2 Å². The van der Waals surface area contributed by atoms with E-state index in [4.69, 9.17) is 4.74 Å². The van der Waals surface area contributed by atoms with Gasteiger partial charge in [-0.2, -0.15) is 0 Å². The Kier molecular flexibility index (Phi) is 6.01. The second-order valence-electron chi connectivity index (χ2n) is 5.10. The van der Waals surface area contributed by atoms with E-state index < -0.39 is 17.5 Å². The minimum Gasteiger partial charge on any atom is -0.496 e. The third kappa shape index (κ3) is 4.46. The minimum atomic E-state index is -1.22. The van der Waals surface area contributed by atoms with Gasteiger partial charge in [0, 0.05) is 36.8 Å². The second kappa shape index (κ2) is 7.99. The Balaban J connectivity index is 2.20. The van der Waals surface area contributed by atoms with Gasteiger partial charge in [0.15, 0.2) is 11.6 Å². The van der Waals surface area contributed by atoms with Crippen LogP contribution in [0.3, 0.4) is 0 Å². The number of aliphatic hydroxyl groups is 1. The van der Waals surface area contributed by atoms with Crippen LogP contribution in [-0.4, -0.2) is 30.3 Å². The summed E-state index contributed by atoms with van der Waals surface area (Å²) in [6.07, 6.45) is 0. The van der Waals surface area contributed by atoms with Crippen LogP contribution in [0.4, 0.5) is 13.2 Å². The van der Waals surface area contributed by atoms with E-state index in [0.717, 1.165) is 11.6 Å². The molecule has 2 aromatic carbocycles. The van der Waals surface area contributed by atoms with Crippen LogP contribution in [0.1, 0.15) is 11.1 Å². The Labute approximate surface area is 132 Å². The van der Waals surface area contributed by atoms with E-state index in [2.05, 4.69) is 0 Å². The molecule has 2 rings (SSSR count). The van der Waals surface area contributed by atoms with Crippen molar-refractivity contribution in [2.24, 2.45) is 0 Å². The second-order valence-corrected chi connectivity index (χ2v) is 5.10. The molecule has 0 amide bonds. The number of nitrogens with zero attached hydrogens (tertiary/aromatic N) is 1. The van der Waals surface area contributed by atoms with Crippen molar-refractivity contribution in [3.63, 3.8) is 0 Å². The molecule has 6 heteroatoms. The smallest absolute Gasteiger partial charge is 0.161 e. The lowest BCUT2D eigenvalue weighted by Gasteiger charge is -2.23. The molecular formula is C17H18F3NO2. The maximum Gasteiger partial charge on any atom is 0.161 e. The monoisotopic (exact) mass is 325 g/mol. The van der Waals surface area contributed by atoms with E-state index in [-0.39, 0.29) is 25.3 Å². The fourth-order valence-corrected chi connectivity index (χ4v) is 2.36. The molecule has 23 heavy (non-hydrogen) atoms. The molecule has 2 aromatic rings. The van der Waals surface area contributed by atoms with E-state index in [1.54, 1.807) is 18.1 Å². The first kappa shape index (κ1) is 17.3. The van der Waals surface area contributed by atoms with Crippen LogP contribution in [0.2, 0.25) is 0 Å². The Morgan fingerprint density at radius 2 is 1.61 bits per heavy atom. The molecule has 1 N–H and O–H groups in total. The Morgan fingerprint density at radius 3 is 2.30 bits per heavy atom. The van der Waals surface area contributed by atoms with Gasteiger partial charge in [0.05, 0.1) is 13.7 Å². The highest BCUT2D eigenvalue weighted by molar-refractivity contribution is 5.33. The number of hydrogen-bond acceptors (Lipinski definition) is 3. The van der Waals surface area contributed by atoms with Gasteiger partial charge < -0.3 is 9.84 Å². The lowest BCUT2D eigenvalue weighted by Crippen LogP contribution is -2.27. The van der Waals surface area contributed by atoms with Crippen LogP contribution < -0.4 is 4.74 Å². The normalized spacial score (nSPS) is 11.0. The number of benzene rings is 2. The van der Waals surface area contributed by atoms with Crippen molar-refractivity contribution in [2.45, 2.75) is 13.1 Å². The van der Waals surface area contributed by atoms with Gasteiger partial charge in [-0.1, -0.05) is 18.2 Å². The number of halogens is 3. The summed E-state index contributed by atoms with van der Waals surface area (Å²) < 4.78 is 45.4. The van der Waals surface area contributed by atoms with Gasteiger partial charge in [-0.05, 0) is 12.1 Å². The van der Waals surface area contributed by atoms with Gasteiger partial charge in [0.25, 0.3) is 0 Å². The molecule has 0 unspecified atom stereocenters. The molecule has 0 radical (unpaired) electrons. The summed E-state index contributed by atoms with van der Waals surface area (Å²) in [6, 6.07) is 8.69. The van der Waals surface area contributed by atoms with E-state index in [0.29, 0.717) is 18.4 Å². The minimum absolute atomic E-state index is 0.0345. The van der Waals surface area contributed by atoms with Crippen molar-refractivity contribution in [3.05, 3.63) is 65.0 Å². The largest absolute Gasteiger partial charge is 0.496 e. The van der Waals surface area contributed by atoms with Crippen LogP contribution >= 0.6 is 0 Å². The summed E-state index contributed by atoms with van der Waals surface area (Å²) in [4.78, 5) is 1.73. The van der Waals surface area contributed by atoms with Crippen LogP contribution in [0.5, 0.6) is 5.75 Å². The summed E-state index contributed by atoms with van der Waals surface area (Å²) in [7, 11) is 1.55. The standard InChI is InChI=1S/C17H18F3NO2/c1-23-17-5-3-2-4-12(17)10-21(6-7-22)11-13-8-15(19)16(20)9-14(13)18/h2-5,8-9,22H,6-7,10-11H2,1H3. The number of rotatable bonds is 7. The Bertz CT molecular complexity index is 664. The van der Waals surface area contributed by atoms with E-state index in [1.807, 2.05) is 18.2 Å². The van der Waals surface area contributed by atoms with Gasteiger partial charge in [-0.15, -0.1) is 0 Å². The molecule has 3 nitrogen and oxygen atoms in total. The highest BCUT2D eigenvalue weighted by atomic mass is 19.2. The van der Waals surface area contributed by atoms with Gasteiger partial charge in [-0.3, -0.25) is 4.90 Å². The lowest BCUT2D eigenvalue weighted by atomic mass is 10.1. The third-order valence-corrected chi connectivity index (χ3v) is 3.49. The highest BCUT2D eigenvalue weighted by Crippen LogP contribution is 2.21. The van der Waals surface area contributed by atoms with Gasteiger partial charge in [0.1, 0.15) is 11.6 Å². The molecule has 0 aliphatic carbocycles. The first-order valence-corrected chi connectivity index (χ1v) is 7.13. The van der Waals surface area contributed by atoms with Crippen molar-refractivity contribution < 1.29 is 23.0 Å². The predicted octanol–water partition coefficient (Wildman–Crippen LogP) is 3.11. The van der Waals surface area contributed by atoms with Crippen molar-refractivity contribution in [1.29, 1.82) is 0 Å². The molecule has 0 saturated carbocycles. The molecule has 0 atom stereocenters. The number of hydrogen-bond donors (Lipinski definition) is 1. The van der Waals surface area contributed by atoms with Crippen molar-refractivity contribution in [1.82, 2.24) is 4.90 Å². The maximum atomic E-state index is 13.8. The molecule has 0 aliphatic heterocycles. The number of para-hydroxylation sites is 1. The molecule has 0 aromatic heterocycles. The van der Waals surface area contributed by atoms with Crippen LogP contribution in [0.25, 0.3) is 0 Å². The average Bonchev–Trinajstić information content (AvgIpc) is 2.53. The third-order valence-electron chi connectivity index (χ3n) is 3.49. The molecule has 0 fully saturated rings. The number of methoxy groups -OCH3 is 1.